The molecule has 2 aromatic rings. The van der Waals surface area contributed by atoms with Crippen LogP contribution in [0.4, 0.5) is 5.69 Å². The molecular formula is C16H18N2O2. The van der Waals surface area contributed by atoms with Crippen LogP contribution < -0.4 is 5.32 Å². The highest BCUT2D eigenvalue weighted by molar-refractivity contribution is 5.96. The molecule has 1 N–H and O–H groups in total. The smallest absolute Gasteiger partial charge is 0.244 e. The molecular weight excluding hydrogens is 252 g/mol. The van der Waals surface area contributed by atoms with E-state index >= 15 is 0 Å². The standard InChI is InChI=1S/C16H18N2O2/c1-2-6-15(19)13-9-10-18(11-13)12-16(20)17-14-7-4-3-5-8-14/h3-5,7-11H,2,6,12H2,1H3,(H,17,20). The van der Waals surface area contributed by atoms with Gasteiger partial charge in [0.2, 0.25) is 5.91 Å². The van der Waals surface area contributed by atoms with Crippen molar-refractivity contribution in [3.05, 3.63) is 54.4 Å². The van der Waals surface area contributed by atoms with Crippen molar-refractivity contribution >= 4 is 17.4 Å². The molecule has 0 radical (unpaired) electrons. The molecule has 0 fully saturated rings. The molecule has 0 aliphatic heterocycles. The third-order valence-electron chi connectivity index (χ3n) is 2.93. The number of carbonyl (C=O) groups excluding carboxylic acids is 2. The molecule has 1 amide bonds. The maximum absolute atomic E-state index is 11.9. The molecule has 4 heteroatoms. The molecule has 0 atom stereocenters. The number of carbonyl (C=O) groups is 2. The number of para-hydroxylation sites is 1. The molecule has 0 bridgehead atoms. The first-order valence-electron chi connectivity index (χ1n) is 6.73. The highest BCUT2D eigenvalue weighted by atomic mass is 16.2. The van der Waals surface area contributed by atoms with Crippen LogP contribution in [0.25, 0.3) is 0 Å². The summed E-state index contributed by atoms with van der Waals surface area (Å²) in [5.74, 6) is 0.0102. The van der Waals surface area contributed by atoms with Crippen LogP contribution >= 0.6 is 0 Å². The van der Waals surface area contributed by atoms with Gasteiger partial charge in [-0.1, -0.05) is 25.1 Å². The van der Waals surface area contributed by atoms with Gasteiger partial charge >= 0.3 is 0 Å². The Kier molecular flexibility index (Phi) is 4.71. The molecule has 0 aliphatic carbocycles. The fraction of sp³-hybridized carbons (Fsp3) is 0.250. The summed E-state index contributed by atoms with van der Waals surface area (Å²) in [6, 6.07) is 11.1. The van der Waals surface area contributed by atoms with Gasteiger partial charge in [-0.2, -0.15) is 0 Å². The Bertz CT molecular complexity index is 588. The lowest BCUT2D eigenvalue weighted by Crippen LogP contribution is -2.17. The van der Waals surface area contributed by atoms with E-state index in [-0.39, 0.29) is 18.2 Å². The van der Waals surface area contributed by atoms with E-state index in [4.69, 9.17) is 0 Å². The highest BCUT2D eigenvalue weighted by Gasteiger charge is 2.08. The van der Waals surface area contributed by atoms with Crippen molar-refractivity contribution in [1.29, 1.82) is 0 Å². The SMILES string of the molecule is CCCC(=O)c1ccn(CC(=O)Nc2ccccc2)c1. The number of anilines is 1. The average molecular weight is 270 g/mol. The number of rotatable bonds is 6. The largest absolute Gasteiger partial charge is 0.344 e. The Labute approximate surface area is 118 Å². The zero-order valence-corrected chi connectivity index (χ0v) is 11.5. The van der Waals surface area contributed by atoms with Crippen LogP contribution in [0.15, 0.2) is 48.8 Å². The Morgan fingerprint density at radius 3 is 2.60 bits per heavy atom. The number of nitrogens with zero attached hydrogens (tertiary/aromatic N) is 1. The predicted molar refractivity (Wildman–Crippen MR) is 78.7 cm³/mol. The number of hydrogen-bond acceptors (Lipinski definition) is 2. The van der Waals surface area contributed by atoms with Gasteiger partial charge in [-0.3, -0.25) is 9.59 Å². The predicted octanol–water partition coefficient (Wildman–Crippen LogP) is 3.11. The van der Waals surface area contributed by atoms with Crippen molar-refractivity contribution < 1.29 is 9.59 Å². The Balaban J connectivity index is 1.93. The van der Waals surface area contributed by atoms with E-state index in [1.807, 2.05) is 37.3 Å². The Morgan fingerprint density at radius 1 is 1.15 bits per heavy atom. The topological polar surface area (TPSA) is 51.1 Å². The number of hydrogen-bond donors (Lipinski definition) is 1. The second-order valence-corrected chi connectivity index (χ2v) is 4.66. The van der Waals surface area contributed by atoms with E-state index in [2.05, 4.69) is 5.32 Å². The maximum Gasteiger partial charge on any atom is 0.244 e. The first-order valence-corrected chi connectivity index (χ1v) is 6.73. The summed E-state index contributed by atoms with van der Waals surface area (Å²) in [5.41, 5.74) is 1.44. The second kappa shape index (κ2) is 6.70. The average Bonchev–Trinajstić information content (AvgIpc) is 2.88. The van der Waals surface area contributed by atoms with E-state index in [1.54, 1.807) is 23.0 Å². The van der Waals surface area contributed by atoms with Gasteiger partial charge in [0.05, 0.1) is 0 Å². The third kappa shape index (κ3) is 3.82. The van der Waals surface area contributed by atoms with Crippen molar-refractivity contribution in [2.75, 3.05) is 5.32 Å². The normalized spacial score (nSPS) is 10.2. The van der Waals surface area contributed by atoms with Gasteiger partial charge in [0, 0.05) is 30.1 Å². The first-order chi connectivity index (χ1) is 9.69. The number of amides is 1. The van der Waals surface area contributed by atoms with E-state index in [0.29, 0.717) is 12.0 Å². The summed E-state index contributed by atoms with van der Waals surface area (Å²) in [6.07, 6.45) is 4.86. The van der Waals surface area contributed by atoms with Gasteiger partial charge in [0.15, 0.2) is 5.78 Å². The molecule has 4 nitrogen and oxygen atoms in total. The van der Waals surface area contributed by atoms with E-state index in [9.17, 15) is 9.59 Å². The molecule has 0 saturated heterocycles. The summed E-state index contributed by atoms with van der Waals surface area (Å²) in [6.45, 7) is 2.18. The molecule has 0 aliphatic rings. The highest BCUT2D eigenvalue weighted by Crippen LogP contribution is 2.08. The van der Waals surface area contributed by atoms with Crippen molar-refractivity contribution in [3.8, 4) is 0 Å². The summed E-state index contributed by atoms with van der Waals surface area (Å²) in [7, 11) is 0. The van der Waals surface area contributed by atoms with Crippen LogP contribution in [0.3, 0.4) is 0 Å². The van der Waals surface area contributed by atoms with Crippen molar-refractivity contribution in [2.24, 2.45) is 0 Å². The first kappa shape index (κ1) is 14.1. The summed E-state index contributed by atoms with van der Waals surface area (Å²) >= 11 is 0. The minimum absolute atomic E-state index is 0.110. The molecule has 0 spiro atoms. The minimum atomic E-state index is -0.110. The van der Waals surface area contributed by atoms with Crippen molar-refractivity contribution in [3.63, 3.8) is 0 Å². The van der Waals surface area contributed by atoms with Gasteiger partial charge in [0.1, 0.15) is 6.54 Å². The van der Waals surface area contributed by atoms with E-state index in [0.717, 1.165) is 12.1 Å². The monoisotopic (exact) mass is 270 g/mol. The zero-order chi connectivity index (χ0) is 14.4. The zero-order valence-electron chi connectivity index (χ0n) is 11.5. The van der Waals surface area contributed by atoms with Crippen LogP contribution in [0.1, 0.15) is 30.1 Å². The molecule has 104 valence electrons. The molecule has 1 heterocycles. The quantitative estimate of drug-likeness (QED) is 0.820. The van der Waals surface area contributed by atoms with Crippen molar-refractivity contribution in [2.45, 2.75) is 26.3 Å². The second-order valence-electron chi connectivity index (χ2n) is 4.66. The Morgan fingerprint density at radius 2 is 1.90 bits per heavy atom. The summed E-state index contributed by atoms with van der Waals surface area (Å²) in [5, 5.41) is 2.81. The van der Waals surface area contributed by atoms with Crippen LogP contribution in [0, 0.1) is 0 Å². The van der Waals surface area contributed by atoms with Crippen molar-refractivity contribution in [1.82, 2.24) is 4.57 Å². The van der Waals surface area contributed by atoms with Gasteiger partial charge in [-0.05, 0) is 24.6 Å². The van der Waals surface area contributed by atoms with Crippen LogP contribution in [0.2, 0.25) is 0 Å². The molecule has 1 aromatic carbocycles. The number of ketones is 1. The fourth-order valence-corrected chi connectivity index (χ4v) is 1.96. The maximum atomic E-state index is 11.9. The van der Waals surface area contributed by atoms with Gasteiger partial charge < -0.3 is 9.88 Å². The van der Waals surface area contributed by atoms with E-state index < -0.39 is 0 Å². The number of benzene rings is 1. The van der Waals surface area contributed by atoms with Gasteiger partial charge in [0.25, 0.3) is 0 Å². The molecule has 2 rings (SSSR count). The van der Waals surface area contributed by atoms with Gasteiger partial charge in [-0.15, -0.1) is 0 Å². The number of nitrogens with one attached hydrogen (secondary N) is 1. The molecule has 1 aromatic heterocycles. The molecule has 0 saturated carbocycles. The summed E-state index contributed by atoms with van der Waals surface area (Å²) in [4.78, 5) is 23.6. The minimum Gasteiger partial charge on any atom is -0.344 e. The lowest BCUT2D eigenvalue weighted by molar-refractivity contribution is -0.116. The number of aromatic nitrogens is 1. The van der Waals surface area contributed by atoms with E-state index in [1.165, 1.54) is 0 Å². The van der Waals surface area contributed by atoms with Crippen LogP contribution in [-0.2, 0) is 11.3 Å². The molecule has 20 heavy (non-hydrogen) atoms. The Hall–Kier alpha value is -2.36. The molecule has 0 unspecified atom stereocenters. The van der Waals surface area contributed by atoms with Crippen LogP contribution in [-0.4, -0.2) is 16.3 Å². The fourth-order valence-electron chi connectivity index (χ4n) is 1.96. The summed E-state index contributed by atoms with van der Waals surface area (Å²) < 4.78 is 1.72. The lowest BCUT2D eigenvalue weighted by atomic mass is 10.1. The third-order valence-corrected chi connectivity index (χ3v) is 2.93. The lowest BCUT2D eigenvalue weighted by Gasteiger charge is -2.05. The van der Waals surface area contributed by atoms with Crippen LogP contribution in [0.5, 0.6) is 0 Å². The van der Waals surface area contributed by atoms with Gasteiger partial charge in [-0.25, -0.2) is 0 Å². The number of Topliss-reactive ketones (excluding diaryl/α,β-unsaturated/α-hetero) is 1.